The molecule has 0 saturated carbocycles. The number of hydrogen-bond donors (Lipinski definition) is 1. The largest absolute Gasteiger partial charge is 0.468 e. The molecule has 7 heteroatoms. The monoisotopic (exact) mass is 295 g/mol. The number of carbonyl (C=O) groups is 3. The first-order valence-electron chi connectivity index (χ1n) is 6.72. The third-order valence-corrected chi connectivity index (χ3v) is 2.92. The quantitative estimate of drug-likeness (QED) is 0.725. The van der Waals surface area contributed by atoms with Gasteiger partial charge in [0.25, 0.3) is 5.91 Å². The van der Waals surface area contributed by atoms with Crippen molar-refractivity contribution in [2.75, 3.05) is 26.7 Å². The molecule has 21 heavy (non-hydrogen) atoms. The lowest BCUT2D eigenvalue weighted by Crippen LogP contribution is -2.42. The van der Waals surface area contributed by atoms with E-state index in [2.05, 4.69) is 10.1 Å². The van der Waals surface area contributed by atoms with Crippen molar-refractivity contribution < 1.29 is 19.1 Å². The van der Waals surface area contributed by atoms with Crippen molar-refractivity contribution in [1.29, 1.82) is 0 Å². The zero-order valence-corrected chi connectivity index (χ0v) is 12.6. The summed E-state index contributed by atoms with van der Waals surface area (Å²) >= 11 is 0. The topological polar surface area (TPSA) is 80.6 Å². The van der Waals surface area contributed by atoms with E-state index in [9.17, 15) is 14.4 Å². The lowest BCUT2D eigenvalue weighted by Gasteiger charge is -2.19. The van der Waals surface area contributed by atoms with Gasteiger partial charge in [-0.15, -0.1) is 0 Å². The van der Waals surface area contributed by atoms with E-state index in [-0.39, 0.29) is 13.1 Å². The molecule has 0 unspecified atom stereocenters. The minimum Gasteiger partial charge on any atom is -0.468 e. The Morgan fingerprint density at radius 2 is 2.05 bits per heavy atom. The van der Waals surface area contributed by atoms with Crippen LogP contribution in [0.1, 0.15) is 23.8 Å². The van der Waals surface area contributed by atoms with E-state index < -0.39 is 17.8 Å². The molecule has 1 rings (SSSR count). The van der Waals surface area contributed by atoms with Crippen molar-refractivity contribution in [1.82, 2.24) is 14.8 Å². The molecule has 7 nitrogen and oxygen atoms in total. The van der Waals surface area contributed by atoms with Gasteiger partial charge in [-0.3, -0.25) is 24.6 Å². The van der Waals surface area contributed by atoms with Crippen molar-refractivity contribution in [2.24, 2.45) is 7.05 Å². The molecule has 0 fully saturated rings. The van der Waals surface area contributed by atoms with Gasteiger partial charge in [0.05, 0.1) is 20.2 Å². The van der Waals surface area contributed by atoms with Crippen molar-refractivity contribution in [3.8, 4) is 0 Å². The summed E-state index contributed by atoms with van der Waals surface area (Å²) in [5.74, 6) is -1.31. The molecule has 1 N–H and O–H groups in total. The molecule has 2 amide bonds. The molecule has 1 heterocycles. The number of imide groups is 1. The predicted molar refractivity (Wildman–Crippen MR) is 76.6 cm³/mol. The molecule has 0 aliphatic heterocycles. The van der Waals surface area contributed by atoms with Crippen molar-refractivity contribution in [2.45, 2.75) is 13.3 Å². The third kappa shape index (κ3) is 5.39. The van der Waals surface area contributed by atoms with Crippen LogP contribution in [0.5, 0.6) is 0 Å². The van der Waals surface area contributed by atoms with Crippen LogP contribution in [0, 0.1) is 0 Å². The minimum absolute atomic E-state index is 0.0239. The summed E-state index contributed by atoms with van der Waals surface area (Å²) in [4.78, 5) is 36.7. The number of hydrogen-bond acceptors (Lipinski definition) is 5. The number of rotatable bonds is 7. The minimum atomic E-state index is -0.456. The zero-order chi connectivity index (χ0) is 15.8. The number of aromatic nitrogens is 1. The van der Waals surface area contributed by atoms with Crippen LogP contribution >= 0.6 is 0 Å². The first-order chi connectivity index (χ1) is 9.97. The Kier molecular flexibility index (Phi) is 6.61. The highest BCUT2D eigenvalue weighted by Gasteiger charge is 2.17. The predicted octanol–water partition coefficient (Wildman–Crippen LogP) is 0.167. The highest BCUT2D eigenvalue weighted by Crippen LogP contribution is 1.99. The standard InChI is InChI=1S/C14H21N3O4/c1-4-7-17(10-13(19)21-3)9-12(18)15-14(20)11-6-5-8-16(11)2/h5-6,8H,4,7,9-10H2,1-3H3,(H,15,18,20). The first-order valence-corrected chi connectivity index (χ1v) is 6.72. The Morgan fingerprint density at radius 1 is 1.33 bits per heavy atom. The molecule has 1 aromatic heterocycles. The first kappa shape index (κ1) is 16.9. The van der Waals surface area contributed by atoms with Crippen LogP contribution < -0.4 is 5.32 Å². The van der Waals surface area contributed by atoms with Gasteiger partial charge in [-0.05, 0) is 25.1 Å². The van der Waals surface area contributed by atoms with Gasteiger partial charge in [0, 0.05) is 13.2 Å². The Labute approximate surface area is 123 Å². The van der Waals surface area contributed by atoms with Gasteiger partial charge in [0.15, 0.2) is 0 Å². The van der Waals surface area contributed by atoms with E-state index in [4.69, 9.17) is 0 Å². The fraction of sp³-hybridized carbons (Fsp3) is 0.500. The Bertz CT molecular complexity index is 510. The van der Waals surface area contributed by atoms with Gasteiger partial charge in [-0.1, -0.05) is 6.92 Å². The summed E-state index contributed by atoms with van der Waals surface area (Å²) in [6, 6.07) is 3.35. The van der Waals surface area contributed by atoms with Crippen LogP contribution in [0.4, 0.5) is 0 Å². The molecule has 0 saturated heterocycles. The van der Waals surface area contributed by atoms with Crippen LogP contribution in [0.25, 0.3) is 0 Å². The van der Waals surface area contributed by atoms with Crippen LogP contribution in [-0.4, -0.2) is 54.0 Å². The Morgan fingerprint density at radius 3 is 2.57 bits per heavy atom. The van der Waals surface area contributed by atoms with Crippen LogP contribution in [0.3, 0.4) is 0 Å². The van der Waals surface area contributed by atoms with Crippen molar-refractivity contribution >= 4 is 17.8 Å². The summed E-state index contributed by atoms with van der Waals surface area (Å²) in [7, 11) is 3.02. The van der Waals surface area contributed by atoms with Crippen LogP contribution in [0.2, 0.25) is 0 Å². The van der Waals surface area contributed by atoms with E-state index in [0.29, 0.717) is 12.2 Å². The van der Waals surface area contributed by atoms with Gasteiger partial charge >= 0.3 is 5.97 Å². The third-order valence-electron chi connectivity index (χ3n) is 2.92. The fourth-order valence-electron chi connectivity index (χ4n) is 1.91. The number of nitrogens with zero attached hydrogens (tertiary/aromatic N) is 2. The number of amides is 2. The molecule has 0 atom stereocenters. The maximum absolute atomic E-state index is 11.9. The van der Waals surface area contributed by atoms with Gasteiger partial charge in [-0.25, -0.2) is 0 Å². The Hall–Kier alpha value is -2.15. The molecule has 0 aliphatic carbocycles. The van der Waals surface area contributed by atoms with E-state index in [1.165, 1.54) is 7.11 Å². The molecule has 0 aliphatic rings. The van der Waals surface area contributed by atoms with E-state index in [0.717, 1.165) is 6.42 Å². The number of methoxy groups -OCH3 is 1. The molecule has 0 bridgehead atoms. The molecule has 0 spiro atoms. The molecular formula is C14H21N3O4. The summed E-state index contributed by atoms with van der Waals surface area (Å²) < 4.78 is 6.21. The summed E-state index contributed by atoms with van der Waals surface area (Å²) in [6.07, 6.45) is 2.51. The zero-order valence-electron chi connectivity index (χ0n) is 12.6. The maximum Gasteiger partial charge on any atom is 0.319 e. The number of esters is 1. The second-order valence-corrected chi connectivity index (χ2v) is 4.67. The number of ether oxygens (including phenoxy) is 1. The van der Waals surface area contributed by atoms with E-state index in [1.807, 2.05) is 6.92 Å². The maximum atomic E-state index is 11.9. The van der Waals surface area contributed by atoms with Crippen LogP contribution in [-0.2, 0) is 21.4 Å². The van der Waals surface area contributed by atoms with Crippen molar-refractivity contribution in [3.05, 3.63) is 24.0 Å². The smallest absolute Gasteiger partial charge is 0.319 e. The molecule has 0 radical (unpaired) electrons. The molecule has 116 valence electrons. The summed E-state index contributed by atoms with van der Waals surface area (Å²) in [5, 5.41) is 2.31. The highest BCUT2D eigenvalue weighted by atomic mass is 16.5. The van der Waals surface area contributed by atoms with Gasteiger partial charge in [-0.2, -0.15) is 0 Å². The molecule has 0 aromatic carbocycles. The molecular weight excluding hydrogens is 274 g/mol. The average Bonchev–Trinajstić information content (AvgIpc) is 2.84. The van der Waals surface area contributed by atoms with Crippen LogP contribution in [0.15, 0.2) is 18.3 Å². The normalized spacial score (nSPS) is 10.5. The van der Waals surface area contributed by atoms with Crippen molar-refractivity contribution in [3.63, 3.8) is 0 Å². The second kappa shape index (κ2) is 8.21. The number of nitrogens with one attached hydrogen (secondary N) is 1. The Balaban J connectivity index is 2.55. The van der Waals surface area contributed by atoms with Gasteiger partial charge in [0.1, 0.15) is 5.69 Å². The van der Waals surface area contributed by atoms with Gasteiger partial charge in [0.2, 0.25) is 5.91 Å². The number of carbonyl (C=O) groups excluding carboxylic acids is 3. The lowest BCUT2D eigenvalue weighted by molar-refractivity contribution is -0.142. The molecule has 1 aromatic rings. The summed E-state index contributed by atoms with van der Waals surface area (Å²) in [6.45, 7) is 2.51. The lowest BCUT2D eigenvalue weighted by atomic mass is 10.3. The average molecular weight is 295 g/mol. The number of aryl methyl sites for hydroxylation is 1. The van der Waals surface area contributed by atoms with Gasteiger partial charge < -0.3 is 9.30 Å². The van der Waals surface area contributed by atoms with E-state index >= 15 is 0 Å². The highest BCUT2D eigenvalue weighted by molar-refractivity contribution is 6.04. The van der Waals surface area contributed by atoms with E-state index in [1.54, 1.807) is 34.8 Å². The SMILES string of the molecule is CCCN(CC(=O)NC(=O)c1cccn1C)CC(=O)OC. The second-order valence-electron chi connectivity index (χ2n) is 4.67. The summed E-state index contributed by atoms with van der Waals surface area (Å²) in [5.41, 5.74) is 0.401. The fourth-order valence-corrected chi connectivity index (χ4v) is 1.91.